The maximum Gasteiger partial charge on any atom is 0.169 e. The van der Waals surface area contributed by atoms with Gasteiger partial charge in [0, 0.05) is 11.0 Å². The van der Waals surface area contributed by atoms with Crippen molar-refractivity contribution in [2.24, 2.45) is 17.3 Å². The van der Waals surface area contributed by atoms with Gasteiger partial charge in [0.15, 0.2) is 5.78 Å². The van der Waals surface area contributed by atoms with E-state index in [1.54, 1.807) is 0 Å². The Bertz CT molecular complexity index is 610. The highest BCUT2D eigenvalue weighted by atomic mass is 16.1. The third kappa shape index (κ3) is 1.47. The van der Waals surface area contributed by atoms with E-state index in [-0.39, 0.29) is 5.41 Å². The van der Waals surface area contributed by atoms with Crippen molar-refractivity contribution in [1.82, 2.24) is 0 Å². The highest BCUT2D eigenvalue weighted by Crippen LogP contribution is 2.57. The largest absolute Gasteiger partial charge is 0.294 e. The number of Topliss-reactive ketones (excluding diaryl/α,β-unsaturated/α-hetero) is 1. The number of fused-ring (bicyclic) bond motifs is 4. The molecule has 0 radical (unpaired) electrons. The van der Waals surface area contributed by atoms with Crippen LogP contribution in [0.1, 0.15) is 60.5 Å². The summed E-state index contributed by atoms with van der Waals surface area (Å²) < 4.78 is 0. The molecule has 0 N–H and O–H groups in total. The SMILES string of the molecule is CC(C)c1cccc2c1CCC1(CC3C=CC1C3)C2=O. The normalized spacial score (nSPS) is 34.2. The van der Waals surface area contributed by atoms with Gasteiger partial charge in [-0.1, -0.05) is 44.2 Å². The van der Waals surface area contributed by atoms with Crippen LogP contribution < -0.4 is 0 Å². The first-order valence-electron chi connectivity index (χ1n) is 7.97. The van der Waals surface area contributed by atoms with Gasteiger partial charge in [0.2, 0.25) is 0 Å². The van der Waals surface area contributed by atoms with E-state index in [9.17, 15) is 4.79 Å². The fraction of sp³-hybridized carbons (Fsp3) is 0.526. The molecule has 1 nitrogen and oxygen atoms in total. The van der Waals surface area contributed by atoms with Crippen molar-refractivity contribution < 1.29 is 4.79 Å². The molecule has 1 aromatic carbocycles. The molecular weight excluding hydrogens is 244 g/mol. The van der Waals surface area contributed by atoms with Crippen LogP contribution in [0.5, 0.6) is 0 Å². The lowest BCUT2D eigenvalue weighted by Gasteiger charge is -2.39. The Kier molecular flexibility index (Phi) is 2.52. The predicted octanol–water partition coefficient (Wildman–Crippen LogP) is 4.52. The Labute approximate surface area is 121 Å². The first-order chi connectivity index (χ1) is 9.62. The number of hydrogen-bond donors (Lipinski definition) is 0. The maximum atomic E-state index is 13.2. The summed E-state index contributed by atoms with van der Waals surface area (Å²) in [5.41, 5.74) is 3.69. The van der Waals surface area contributed by atoms with Crippen molar-refractivity contribution in [2.45, 2.75) is 45.4 Å². The van der Waals surface area contributed by atoms with Crippen molar-refractivity contribution >= 4 is 5.78 Å². The lowest BCUT2D eigenvalue weighted by molar-refractivity contribution is 0.0702. The summed E-state index contributed by atoms with van der Waals surface area (Å²) in [4.78, 5) is 13.2. The van der Waals surface area contributed by atoms with E-state index in [2.05, 4.69) is 44.2 Å². The topological polar surface area (TPSA) is 17.1 Å². The van der Waals surface area contributed by atoms with Crippen LogP contribution in [0.15, 0.2) is 30.4 Å². The van der Waals surface area contributed by atoms with Gasteiger partial charge < -0.3 is 0 Å². The fourth-order valence-electron chi connectivity index (χ4n) is 4.87. The van der Waals surface area contributed by atoms with Crippen LogP contribution in [0, 0.1) is 17.3 Å². The second-order valence-electron chi connectivity index (χ2n) is 7.20. The van der Waals surface area contributed by atoms with E-state index < -0.39 is 0 Å². The average Bonchev–Trinajstić information content (AvgIpc) is 3.04. The summed E-state index contributed by atoms with van der Waals surface area (Å²) in [5.74, 6) is 2.12. The van der Waals surface area contributed by atoms with Crippen LogP contribution in [0.3, 0.4) is 0 Å². The molecule has 0 aromatic heterocycles. The van der Waals surface area contributed by atoms with E-state index >= 15 is 0 Å². The average molecular weight is 266 g/mol. The van der Waals surface area contributed by atoms with Gasteiger partial charge in [0.05, 0.1) is 0 Å². The maximum absolute atomic E-state index is 13.2. The number of rotatable bonds is 1. The zero-order valence-corrected chi connectivity index (χ0v) is 12.4. The molecule has 2 bridgehead atoms. The van der Waals surface area contributed by atoms with Gasteiger partial charge >= 0.3 is 0 Å². The molecule has 20 heavy (non-hydrogen) atoms. The van der Waals surface area contributed by atoms with Crippen molar-refractivity contribution in [1.29, 1.82) is 0 Å². The lowest BCUT2D eigenvalue weighted by Crippen LogP contribution is -2.39. The summed E-state index contributed by atoms with van der Waals surface area (Å²) in [7, 11) is 0. The quantitative estimate of drug-likeness (QED) is 0.683. The third-order valence-electron chi connectivity index (χ3n) is 5.86. The van der Waals surface area contributed by atoms with Crippen molar-refractivity contribution in [3.63, 3.8) is 0 Å². The molecule has 0 amide bonds. The summed E-state index contributed by atoms with van der Waals surface area (Å²) in [5, 5.41) is 0. The molecule has 3 atom stereocenters. The first kappa shape index (κ1) is 12.4. The molecule has 3 unspecified atom stereocenters. The molecule has 104 valence electrons. The Morgan fingerprint density at radius 3 is 2.75 bits per heavy atom. The van der Waals surface area contributed by atoms with Gasteiger partial charge in [-0.15, -0.1) is 0 Å². The molecule has 1 spiro atoms. The molecule has 1 fully saturated rings. The predicted molar refractivity (Wildman–Crippen MR) is 81.0 cm³/mol. The van der Waals surface area contributed by atoms with E-state index in [0.29, 0.717) is 23.5 Å². The zero-order valence-electron chi connectivity index (χ0n) is 12.4. The molecule has 1 aromatic rings. The highest BCUT2D eigenvalue weighted by Gasteiger charge is 2.54. The van der Waals surface area contributed by atoms with Gasteiger partial charge in [0.1, 0.15) is 0 Å². The van der Waals surface area contributed by atoms with Crippen molar-refractivity contribution in [3.8, 4) is 0 Å². The summed E-state index contributed by atoms with van der Waals surface area (Å²) >= 11 is 0. The van der Waals surface area contributed by atoms with Gasteiger partial charge in [-0.3, -0.25) is 4.79 Å². The van der Waals surface area contributed by atoms with Gasteiger partial charge in [-0.05, 0) is 54.6 Å². The number of hydrogen-bond acceptors (Lipinski definition) is 1. The van der Waals surface area contributed by atoms with Crippen LogP contribution in [-0.2, 0) is 6.42 Å². The van der Waals surface area contributed by atoms with Crippen molar-refractivity contribution in [2.75, 3.05) is 0 Å². The summed E-state index contributed by atoms with van der Waals surface area (Å²) in [6, 6.07) is 6.35. The monoisotopic (exact) mass is 266 g/mol. The zero-order chi connectivity index (χ0) is 13.9. The molecule has 1 saturated carbocycles. The van der Waals surface area contributed by atoms with Crippen LogP contribution >= 0.6 is 0 Å². The minimum Gasteiger partial charge on any atom is -0.294 e. The standard InChI is InChI=1S/C19H22O/c1-12(2)15-4-3-5-17-16(15)8-9-19(18(17)20)11-13-6-7-14(19)10-13/h3-7,12-14H,8-11H2,1-2H3. The Hall–Kier alpha value is -1.37. The first-order valence-corrected chi connectivity index (χ1v) is 7.97. The number of carbonyl (C=O) groups excluding carboxylic acids is 1. The van der Waals surface area contributed by atoms with Crippen LogP contribution in [0.4, 0.5) is 0 Å². The second kappa shape index (κ2) is 4.07. The van der Waals surface area contributed by atoms with Crippen LogP contribution in [0.2, 0.25) is 0 Å². The summed E-state index contributed by atoms with van der Waals surface area (Å²) in [6.45, 7) is 4.45. The molecule has 0 heterocycles. The molecular formula is C19H22O. The van der Waals surface area contributed by atoms with Gasteiger partial charge in [-0.25, -0.2) is 0 Å². The summed E-state index contributed by atoms with van der Waals surface area (Å²) in [6.07, 6.45) is 9.12. The Morgan fingerprint density at radius 1 is 1.25 bits per heavy atom. The van der Waals surface area contributed by atoms with E-state index in [1.165, 1.54) is 17.5 Å². The number of ketones is 1. The molecule has 0 aliphatic heterocycles. The van der Waals surface area contributed by atoms with E-state index in [1.807, 2.05) is 0 Å². The third-order valence-corrected chi connectivity index (χ3v) is 5.86. The lowest BCUT2D eigenvalue weighted by atomic mass is 9.63. The van der Waals surface area contributed by atoms with Gasteiger partial charge in [0.25, 0.3) is 0 Å². The smallest absolute Gasteiger partial charge is 0.169 e. The van der Waals surface area contributed by atoms with Gasteiger partial charge in [-0.2, -0.15) is 0 Å². The molecule has 3 aliphatic carbocycles. The number of benzene rings is 1. The Balaban J connectivity index is 1.81. The van der Waals surface area contributed by atoms with Crippen LogP contribution in [-0.4, -0.2) is 5.78 Å². The molecule has 1 heteroatoms. The molecule has 0 saturated heterocycles. The molecule has 3 aliphatic rings. The highest BCUT2D eigenvalue weighted by molar-refractivity contribution is 6.03. The van der Waals surface area contributed by atoms with Crippen LogP contribution in [0.25, 0.3) is 0 Å². The van der Waals surface area contributed by atoms with E-state index in [4.69, 9.17) is 0 Å². The second-order valence-corrected chi connectivity index (χ2v) is 7.20. The van der Waals surface area contributed by atoms with E-state index in [0.717, 1.165) is 24.8 Å². The van der Waals surface area contributed by atoms with Crippen molar-refractivity contribution in [3.05, 3.63) is 47.0 Å². The molecule has 4 rings (SSSR count). The number of allylic oxidation sites excluding steroid dienone is 2. The minimum absolute atomic E-state index is 0.0536. The Morgan fingerprint density at radius 2 is 2.10 bits per heavy atom. The fourth-order valence-corrected chi connectivity index (χ4v) is 4.87. The minimum atomic E-state index is -0.0536. The number of carbonyl (C=O) groups is 1.